The highest BCUT2D eigenvalue weighted by molar-refractivity contribution is 5.91. The van der Waals surface area contributed by atoms with Gasteiger partial charge in [-0.2, -0.15) is 0 Å². The minimum Gasteiger partial charge on any atom is -0.480 e. The highest BCUT2D eigenvalue weighted by Crippen LogP contribution is 2.11. The van der Waals surface area contributed by atoms with Gasteiger partial charge in [-0.05, 0) is 30.6 Å². The second kappa shape index (κ2) is 11.1. The van der Waals surface area contributed by atoms with Crippen LogP contribution in [0.25, 0.3) is 0 Å². The van der Waals surface area contributed by atoms with E-state index in [4.69, 9.17) is 5.73 Å². The first-order valence-corrected chi connectivity index (χ1v) is 9.08. The van der Waals surface area contributed by atoms with E-state index in [1.54, 1.807) is 6.92 Å². The van der Waals surface area contributed by atoms with Crippen LogP contribution in [-0.4, -0.2) is 41.0 Å². The maximum absolute atomic E-state index is 12.6. The third-order valence-corrected chi connectivity index (χ3v) is 4.18. The van der Waals surface area contributed by atoms with E-state index in [0.29, 0.717) is 19.3 Å². The Morgan fingerprint density at radius 1 is 0.920 bits per heavy atom. The highest BCUT2D eigenvalue weighted by atomic mass is 16.4. The Hall–Kier alpha value is -1.63. The normalized spacial score (nSPS) is 16.2. The molecule has 2 amide bonds. The van der Waals surface area contributed by atoms with Gasteiger partial charge in [-0.15, -0.1) is 0 Å². The predicted molar refractivity (Wildman–Crippen MR) is 97.8 cm³/mol. The zero-order valence-corrected chi connectivity index (χ0v) is 16.3. The second-order valence-corrected chi connectivity index (χ2v) is 7.64. The van der Waals surface area contributed by atoms with Gasteiger partial charge in [0.2, 0.25) is 11.8 Å². The van der Waals surface area contributed by atoms with Gasteiger partial charge < -0.3 is 21.5 Å². The Bertz CT molecular complexity index is 452. The average molecular weight is 357 g/mol. The van der Waals surface area contributed by atoms with Crippen LogP contribution in [0, 0.1) is 17.8 Å². The molecule has 0 unspecified atom stereocenters. The molecule has 146 valence electrons. The lowest BCUT2D eigenvalue weighted by Crippen LogP contribution is -2.56. The van der Waals surface area contributed by atoms with Crippen molar-refractivity contribution in [3.05, 3.63) is 0 Å². The van der Waals surface area contributed by atoms with Crippen LogP contribution < -0.4 is 16.4 Å². The molecule has 0 aliphatic heterocycles. The number of nitrogens with two attached hydrogens (primary N) is 1. The maximum atomic E-state index is 12.6. The number of rotatable bonds is 11. The van der Waals surface area contributed by atoms with Crippen LogP contribution in [-0.2, 0) is 14.4 Å². The van der Waals surface area contributed by atoms with Gasteiger partial charge in [-0.1, -0.05) is 48.0 Å². The van der Waals surface area contributed by atoms with Gasteiger partial charge in [0.15, 0.2) is 0 Å². The largest absolute Gasteiger partial charge is 0.480 e. The van der Waals surface area contributed by atoms with E-state index in [0.717, 1.165) is 0 Å². The molecule has 0 aliphatic rings. The minimum absolute atomic E-state index is 0.157. The van der Waals surface area contributed by atoms with Gasteiger partial charge in [0.1, 0.15) is 12.1 Å². The second-order valence-electron chi connectivity index (χ2n) is 7.64. The summed E-state index contributed by atoms with van der Waals surface area (Å²) in [6.07, 6.45) is 1.56. The molecule has 5 N–H and O–H groups in total. The number of carbonyl (C=O) groups excluding carboxylic acids is 2. The number of carboxylic acid groups (broad SMARTS) is 1. The van der Waals surface area contributed by atoms with Crippen molar-refractivity contribution < 1.29 is 19.5 Å². The molecule has 0 saturated carbocycles. The van der Waals surface area contributed by atoms with Crippen molar-refractivity contribution in [2.75, 3.05) is 0 Å². The molecule has 0 bridgehead atoms. The van der Waals surface area contributed by atoms with Crippen molar-refractivity contribution in [2.24, 2.45) is 23.5 Å². The molecule has 0 aromatic rings. The van der Waals surface area contributed by atoms with Crippen molar-refractivity contribution in [1.82, 2.24) is 10.6 Å². The van der Waals surface area contributed by atoms with Crippen LogP contribution in [0.4, 0.5) is 0 Å². The molecule has 0 heterocycles. The molecule has 0 rings (SSSR count). The van der Waals surface area contributed by atoms with Crippen molar-refractivity contribution in [3.63, 3.8) is 0 Å². The van der Waals surface area contributed by atoms with Crippen molar-refractivity contribution in [1.29, 1.82) is 0 Å². The molecule has 0 aromatic heterocycles. The Balaban J connectivity index is 5.08. The third kappa shape index (κ3) is 8.86. The number of hydrogen-bond donors (Lipinski definition) is 4. The Kier molecular flexibility index (Phi) is 10.4. The number of carbonyl (C=O) groups is 3. The first-order chi connectivity index (χ1) is 11.5. The predicted octanol–water partition coefficient (Wildman–Crippen LogP) is 1.51. The quantitative estimate of drug-likeness (QED) is 0.446. The van der Waals surface area contributed by atoms with Crippen molar-refractivity contribution in [3.8, 4) is 0 Å². The van der Waals surface area contributed by atoms with Gasteiger partial charge in [0.25, 0.3) is 0 Å². The summed E-state index contributed by atoms with van der Waals surface area (Å²) in [4.78, 5) is 36.2. The van der Waals surface area contributed by atoms with Crippen LogP contribution >= 0.6 is 0 Å². The molecule has 4 atom stereocenters. The summed E-state index contributed by atoms with van der Waals surface area (Å²) in [6.45, 7) is 11.4. The Morgan fingerprint density at radius 3 is 1.84 bits per heavy atom. The van der Waals surface area contributed by atoms with E-state index in [1.165, 1.54) is 0 Å². The van der Waals surface area contributed by atoms with Crippen molar-refractivity contribution >= 4 is 17.8 Å². The van der Waals surface area contributed by atoms with Gasteiger partial charge >= 0.3 is 5.97 Å². The van der Waals surface area contributed by atoms with Gasteiger partial charge in [-0.25, -0.2) is 4.79 Å². The van der Waals surface area contributed by atoms with Crippen LogP contribution in [0.2, 0.25) is 0 Å². The SMILES string of the molecule is CC[C@H](C)[C@H](NC(=O)[C@H](CC(C)C)NC(=O)[C@@H](N)CC(C)C)C(=O)O. The summed E-state index contributed by atoms with van der Waals surface area (Å²) in [5.41, 5.74) is 5.88. The van der Waals surface area contributed by atoms with Crippen LogP contribution in [0.1, 0.15) is 60.8 Å². The fourth-order valence-electron chi connectivity index (χ4n) is 2.53. The maximum Gasteiger partial charge on any atom is 0.326 e. The molecule has 0 aromatic carbocycles. The summed E-state index contributed by atoms with van der Waals surface area (Å²) < 4.78 is 0. The van der Waals surface area contributed by atoms with Crippen LogP contribution in [0.15, 0.2) is 0 Å². The molecule has 7 heteroatoms. The van der Waals surface area contributed by atoms with E-state index in [-0.39, 0.29) is 23.7 Å². The molecular formula is C18H35N3O4. The standard InChI is InChI=1S/C18H35N3O4/c1-7-12(6)15(18(24)25)21-17(23)14(9-11(4)5)20-16(22)13(19)8-10(2)3/h10-15H,7-9,19H2,1-6H3,(H,20,22)(H,21,23)(H,24,25)/t12-,13-,14-,15-/m0/s1. The smallest absolute Gasteiger partial charge is 0.326 e. The number of carboxylic acids is 1. The van der Waals surface area contributed by atoms with E-state index in [1.807, 2.05) is 34.6 Å². The molecule has 0 radical (unpaired) electrons. The van der Waals surface area contributed by atoms with Gasteiger partial charge in [0, 0.05) is 0 Å². The molecule has 7 nitrogen and oxygen atoms in total. The highest BCUT2D eigenvalue weighted by Gasteiger charge is 2.30. The number of hydrogen-bond acceptors (Lipinski definition) is 4. The van der Waals surface area contributed by atoms with Crippen molar-refractivity contribution in [2.45, 2.75) is 78.9 Å². The van der Waals surface area contributed by atoms with Gasteiger partial charge in [-0.3, -0.25) is 9.59 Å². The zero-order valence-electron chi connectivity index (χ0n) is 16.3. The fraction of sp³-hybridized carbons (Fsp3) is 0.833. The van der Waals surface area contributed by atoms with E-state index < -0.39 is 30.0 Å². The number of nitrogens with one attached hydrogen (secondary N) is 2. The molecule has 25 heavy (non-hydrogen) atoms. The molecule has 0 saturated heterocycles. The third-order valence-electron chi connectivity index (χ3n) is 4.18. The first-order valence-electron chi connectivity index (χ1n) is 9.08. The lowest BCUT2D eigenvalue weighted by molar-refractivity contribution is -0.143. The van der Waals surface area contributed by atoms with Crippen LogP contribution in [0.3, 0.4) is 0 Å². The topological polar surface area (TPSA) is 122 Å². The fourth-order valence-corrected chi connectivity index (χ4v) is 2.53. The molecule has 0 fully saturated rings. The molecule has 0 aliphatic carbocycles. The summed E-state index contributed by atoms with van der Waals surface area (Å²) in [6, 6.07) is -2.46. The molecular weight excluding hydrogens is 322 g/mol. The zero-order chi connectivity index (χ0) is 19.7. The Labute approximate surface area is 151 Å². The summed E-state index contributed by atoms with van der Waals surface area (Å²) >= 11 is 0. The van der Waals surface area contributed by atoms with E-state index in [2.05, 4.69) is 10.6 Å². The summed E-state index contributed by atoms with van der Waals surface area (Å²) in [5.74, 6) is -1.73. The number of aliphatic carboxylic acids is 1. The monoisotopic (exact) mass is 357 g/mol. The van der Waals surface area contributed by atoms with Crippen LogP contribution in [0.5, 0.6) is 0 Å². The van der Waals surface area contributed by atoms with E-state index >= 15 is 0 Å². The lowest BCUT2D eigenvalue weighted by atomic mass is 9.97. The minimum atomic E-state index is -1.08. The number of amides is 2. The first kappa shape index (κ1) is 23.4. The van der Waals surface area contributed by atoms with Gasteiger partial charge in [0.05, 0.1) is 6.04 Å². The average Bonchev–Trinajstić information content (AvgIpc) is 2.49. The molecule has 0 spiro atoms. The summed E-state index contributed by atoms with van der Waals surface area (Å²) in [7, 11) is 0. The Morgan fingerprint density at radius 2 is 1.44 bits per heavy atom. The van der Waals surface area contributed by atoms with E-state index in [9.17, 15) is 19.5 Å². The lowest BCUT2D eigenvalue weighted by Gasteiger charge is -2.26. The summed E-state index contributed by atoms with van der Waals surface area (Å²) in [5, 5.41) is 14.6.